The number of carbonyl (C=O) groups is 1. The molecule has 1 amide bonds. The summed E-state index contributed by atoms with van der Waals surface area (Å²) in [7, 11) is 0. The van der Waals surface area contributed by atoms with Crippen LogP contribution in [-0.2, 0) is 0 Å². The van der Waals surface area contributed by atoms with Crippen LogP contribution in [-0.4, -0.2) is 23.8 Å². The molecular weight excluding hydrogens is 414 g/mol. The highest BCUT2D eigenvalue weighted by atomic mass is 127. The standard InChI is InChI=1S/C16H14FIN2O3/c1-2-23-14-8-10(7-13(18)15(14)21)9-19-20-16(22)11-3-5-12(17)6-4-11/h3-9,21H,2H2,1H3,(H,20,22). The molecular formula is C16H14FIN2O3. The second-order valence-corrected chi connectivity index (χ2v) is 5.65. The van der Waals surface area contributed by atoms with Gasteiger partial charge in [0.1, 0.15) is 5.82 Å². The molecule has 0 atom stereocenters. The number of nitrogens with one attached hydrogen (secondary N) is 1. The molecule has 2 aromatic rings. The maximum Gasteiger partial charge on any atom is 0.271 e. The van der Waals surface area contributed by atoms with Gasteiger partial charge in [0.2, 0.25) is 0 Å². The van der Waals surface area contributed by atoms with Gasteiger partial charge in [0, 0.05) is 5.56 Å². The first-order chi connectivity index (χ1) is 11.0. The van der Waals surface area contributed by atoms with E-state index in [0.29, 0.717) is 27.1 Å². The number of hydrazone groups is 1. The van der Waals surface area contributed by atoms with Gasteiger partial charge in [0.15, 0.2) is 11.5 Å². The molecule has 0 aromatic heterocycles. The van der Waals surface area contributed by atoms with E-state index in [1.165, 1.54) is 30.5 Å². The van der Waals surface area contributed by atoms with Crippen molar-refractivity contribution in [1.29, 1.82) is 0 Å². The van der Waals surface area contributed by atoms with Crippen LogP contribution in [0.15, 0.2) is 41.5 Å². The van der Waals surface area contributed by atoms with Crippen molar-refractivity contribution in [2.75, 3.05) is 6.61 Å². The summed E-state index contributed by atoms with van der Waals surface area (Å²) in [6, 6.07) is 8.47. The largest absolute Gasteiger partial charge is 0.504 e. The predicted molar refractivity (Wildman–Crippen MR) is 93.5 cm³/mol. The number of benzene rings is 2. The van der Waals surface area contributed by atoms with Crippen LogP contribution in [0.1, 0.15) is 22.8 Å². The fraction of sp³-hybridized carbons (Fsp3) is 0.125. The second kappa shape index (κ2) is 7.91. The molecule has 0 heterocycles. The van der Waals surface area contributed by atoms with Crippen LogP contribution in [0.2, 0.25) is 0 Å². The Morgan fingerprint density at radius 2 is 2.09 bits per heavy atom. The maximum atomic E-state index is 12.8. The molecule has 0 fully saturated rings. The first-order valence-corrected chi connectivity index (χ1v) is 7.83. The highest BCUT2D eigenvalue weighted by Crippen LogP contribution is 2.32. The number of phenols is 1. The van der Waals surface area contributed by atoms with Crippen molar-refractivity contribution in [2.45, 2.75) is 6.92 Å². The Balaban J connectivity index is 2.08. The van der Waals surface area contributed by atoms with Gasteiger partial charge in [-0.3, -0.25) is 4.79 Å². The van der Waals surface area contributed by atoms with Gasteiger partial charge >= 0.3 is 0 Å². The van der Waals surface area contributed by atoms with E-state index in [2.05, 4.69) is 10.5 Å². The van der Waals surface area contributed by atoms with Gasteiger partial charge in [-0.1, -0.05) is 0 Å². The van der Waals surface area contributed by atoms with Crippen LogP contribution in [0.3, 0.4) is 0 Å². The summed E-state index contributed by atoms with van der Waals surface area (Å²) < 4.78 is 18.7. The molecule has 7 heteroatoms. The minimum absolute atomic E-state index is 0.0694. The Kier molecular flexibility index (Phi) is 5.91. The van der Waals surface area contributed by atoms with E-state index in [4.69, 9.17) is 4.74 Å². The van der Waals surface area contributed by atoms with Gasteiger partial charge in [0.25, 0.3) is 5.91 Å². The summed E-state index contributed by atoms with van der Waals surface area (Å²) in [5, 5.41) is 13.7. The number of nitrogens with zero attached hydrogens (tertiary/aromatic N) is 1. The number of ether oxygens (including phenoxy) is 1. The SMILES string of the molecule is CCOc1cc(C=NNC(=O)c2ccc(F)cc2)cc(I)c1O. The third-order valence-electron chi connectivity index (χ3n) is 2.84. The lowest BCUT2D eigenvalue weighted by Crippen LogP contribution is -2.17. The molecule has 120 valence electrons. The average Bonchev–Trinajstić information content (AvgIpc) is 2.53. The van der Waals surface area contributed by atoms with E-state index >= 15 is 0 Å². The zero-order chi connectivity index (χ0) is 16.8. The molecule has 5 nitrogen and oxygen atoms in total. The molecule has 2 N–H and O–H groups in total. The first-order valence-electron chi connectivity index (χ1n) is 6.75. The molecule has 0 unspecified atom stereocenters. The summed E-state index contributed by atoms with van der Waals surface area (Å²) in [6.07, 6.45) is 1.44. The van der Waals surface area contributed by atoms with Crippen molar-refractivity contribution in [3.63, 3.8) is 0 Å². The topological polar surface area (TPSA) is 70.9 Å². The first kappa shape index (κ1) is 17.2. The van der Waals surface area contributed by atoms with Crippen LogP contribution in [0.25, 0.3) is 0 Å². The second-order valence-electron chi connectivity index (χ2n) is 4.49. The summed E-state index contributed by atoms with van der Waals surface area (Å²) in [6.45, 7) is 2.24. The number of hydrogen-bond acceptors (Lipinski definition) is 4. The van der Waals surface area contributed by atoms with Crippen molar-refractivity contribution < 1.29 is 19.0 Å². The van der Waals surface area contributed by atoms with Gasteiger partial charge in [-0.15, -0.1) is 0 Å². The predicted octanol–water partition coefficient (Wildman–Crippen LogP) is 3.30. The lowest BCUT2D eigenvalue weighted by Gasteiger charge is -2.08. The summed E-state index contributed by atoms with van der Waals surface area (Å²) >= 11 is 1.98. The summed E-state index contributed by atoms with van der Waals surface area (Å²) in [4.78, 5) is 11.8. The van der Waals surface area contributed by atoms with Crippen molar-refractivity contribution in [2.24, 2.45) is 5.10 Å². The molecule has 0 radical (unpaired) electrons. The van der Waals surface area contributed by atoms with Crippen molar-refractivity contribution in [3.05, 3.63) is 56.9 Å². The Labute approximate surface area is 146 Å². The van der Waals surface area contributed by atoms with E-state index in [1.807, 2.05) is 29.5 Å². The minimum atomic E-state index is -0.445. The monoisotopic (exact) mass is 428 g/mol. The normalized spacial score (nSPS) is 10.7. The van der Waals surface area contributed by atoms with Crippen molar-refractivity contribution in [3.8, 4) is 11.5 Å². The van der Waals surface area contributed by atoms with E-state index in [-0.39, 0.29) is 5.75 Å². The summed E-state index contributed by atoms with van der Waals surface area (Å²) in [5.74, 6) is -0.433. The lowest BCUT2D eigenvalue weighted by atomic mass is 10.2. The highest BCUT2D eigenvalue weighted by molar-refractivity contribution is 14.1. The van der Waals surface area contributed by atoms with Crippen LogP contribution in [0, 0.1) is 9.39 Å². The van der Waals surface area contributed by atoms with Crippen LogP contribution < -0.4 is 10.2 Å². The molecule has 2 aromatic carbocycles. The van der Waals surface area contributed by atoms with Gasteiger partial charge in [0.05, 0.1) is 16.4 Å². The zero-order valence-corrected chi connectivity index (χ0v) is 14.4. The van der Waals surface area contributed by atoms with E-state index < -0.39 is 11.7 Å². The number of halogens is 2. The molecule has 2 rings (SSSR count). The van der Waals surface area contributed by atoms with Gasteiger partial charge in [-0.2, -0.15) is 5.10 Å². The fourth-order valence-corrected chi connectivity index (χ4v) is 2.39. The Hall–Kier alpha value is -2.16. The number of phenolic OH excluding ortho intramolecular Hbond substituents is 1. The summed E-state index contributed by atoms with van der Waals surface area (Å²) in [5.41, 5.74) is 3.32. The van der Waals surface area contributed by atoms with E-state index in [1.54, 1.807) is 12.1 Å². The average molecular weight is 428 g/mol. The maximum absolute atomic E-state index is 12.8. The third-order valence-corrected chi connectivity index (χ3v) is 3.66. The molecule has 0 saturated heterocycles. The zero-order valence-electron chi connectivity index (χ0n) is 12.2. The molecule has 0 aliphatic carbocycles. The molecule has 0 saturated carbocycles. The Morgan fingerprint density at radius 1 is 1.39 bits per heavy atom. The lowest BCUT2D eigenvalue weighted by molar-refractivity contribution is 0.0955. The number of amides is 1. The number of hydrogen-bond donors (Lipinski definition) is 2. The van der Waals surface area contributed by atoms with Gasteiger partial charge in [-0.05, 0) is 71.5 Å². The van der Waals surface area contributed by atoms with Gasteiger partial charge < -0.3 is 9.84 Å². The molecule has 0 spiro atoms. The van der Waals surface area contributed by atoms with Crippen LogP contribution in [0.5, 0.6) is 11.5 Å². The van der Waals surface area contributed by atoms with Crippen molar-refractivity contribution in [1.82, 2.24) is 5.43 Å². The van der Waals surface area contributed by atoms with Crippen LogP contribution in [0.4, 0.5) is 4.39 Å². The number of rotatable bonds is 5. The van der Waals surface area contributed by atoms with E-state index in [9.17, 15) is 14.3 Å². The third kappa shape index (κ3) is 4.65. The fourth-order valence-electron chi connectivity index (χ4n) is 1.77. The molecule has 0 bridgehead atoms. The number of carbonyl (C=O) groups excluding carboxylic acids is 1. The quantitative estimate of drug-likeness (QED) is 0.436. The molecule has 0 aliphatic rings. The highest BCUT2D eigenvalue weighted by Gasteiger charge is 2.08. The van der Waals surface area contributed by atoms with E-state index in [0.717, 1.165) is 0 Å². The van der Waals surface area contributed by atoms with Crippen LogP contribution >= 0.6 is 22.6 Å². The van der Waals surface area contributed by atoms with Crippen molar-refractivity contribution >= 4 is 34.7 Å². The molecule has 0 aliphatic heterocycles. The number of aromatic hydroxyl groups is 1. The Morgan fingerprint density at radius 3 is 2.74 bits per heavy atom. The van der Waals surface area contributed by atoms with Gasteiger partial charge in [-0.25, -0.2) is 9.82 Å². The molecule has 23 heavy (non-hydrogen) atoms. The smallest absolute Gasteiger partial charge is 0.271 e. The Bertz CT molecular complexity index is 733. The minimum Gasteiger partial charge on any atom is -0.504 e.